The van der Waals surface area contributed by atoms with Crippen molar-refractivity contribution in [3.05, 3.63) is 35.9 Å². The Labute approximate surface area is 145 Å². The molecule has 0 bridgehead atoms. The summed E-state index contributed by atoms with van der Waals surface area (Å²) in [7, 11) is 0. The number of aryl methyl sites for hydroxylation is 1. The number of aromatic nitrogens is 4. The van der Waals surface area contributed by atoms with Gasteiger partial charge >= 0.3 is 0 Å². The normalized spacial score (nSPS) is 15.4. The van der Waals surface area contributed by atoms with Crippen LogP contribution in [0, 0.1) is 6.92 Å². The van der Waals surface area contributed by atoms with E-state index >= 15 is 0 Å². The molecule has 1 aliphatic carbocycles. The first-order valence-electron chi connectivity index (χ1n) is 8.72. The molecular weight excluding hydrogens is 318 g/mol. The van der Waals surface area contributed by atoms with E-state index in [4.69, 9.17) is 9.26 Å². The molecule has 4 rings (SSSR count). The summed E-state index contributed by atoms with van der Waals surface area (Å²) in [4.78, 5) is 12.7. The lowest BCUT2D eigenvalue weighted by Gasteiger charge is -2.22. The van der Waals surface area contributed by atoms with Crippen LogP contribution in [0.25, 0.3) is 11.1 Å². The Morgan fingerprint density at radius 1 is 1.20 bits per heavy atom. The molecule has 1 saturated carbocycles. The fourth-order valence-electron chi connectivity index (χ4n) is 3.22. The van der Waals surface area contributed by atoms with Crippen LogP contribution in [0.1, 0.15) is 43.4 Å². The smallest absolute Gasteiger partial charge is 0.263 e. The molecule has 130 valence electrons. The maximum Gasteiger partial charge on any atom is 0.263 e. The monoisotopic (exact) mass is 339 g/mol. The van der Waals surface area contributed by atoms with Gasteiger partial charge in [-0.15, -0.1) is 0 Å². The Morgan fingerprint density at radius 2 is 2.08 bits per heavy atom. The molecule has 7 nitrogen and oxygen atoms in total. The first-order valence-corrected chi connectivity index (χ1v) is 8.72. The summed E-state index contributed by atoms with van der Waals surface area (Å²) in [5.41, 5.74) is 2.35. The molecule has 1 N–H and O–H groups in total. The summed E-state index contributed by atoms with van der Waals surface area (Å²) >= 11 is 0. The summed E-state index contributed by atoms with van der Waals surface area (Å²) in [6, 6.07) is 3.96. The SMILES string of the molecule is Cc1noc2ncnc(NCc3ccnc(OC4CCCCC4)c3)c12. The molecule has 0 aliphatic heterocycles. The van der Waals surface area contributed by atoms with Crippen LogP contribution < -0.4 is 10.1 Å². The summed E-state index contributed by atoms with van der Waals surface area (Å²) in [5.74, 6) is 1.41. The molecule has 0 atom stereocenters. The predicted octanol–water partition coefficient (Wildman–Crippen LogP) is 3.64. The molecule has 0 unspecified atom stereocenters. The summed E-state index contributed by atoms with van der Waals surface area (Å²) in [6.45, 7) is 2.49. The second-order valence-corrected chi connectivity index (χ2v) is 6.40. The highest BCUT2D eigenvalue weighted by molar-refractivity contribution is 5.87. The molecule has 7 heteroatoms. The van der Waals surface area contributed by atoms with Gasteiger partial charge in [-0.2, -0.15) is 4.98 Å². The van der Waals surface area contributed by atoms with Crippen molar-refractivity contribution in [1.29, 1.82) is 0 Å². The molecule has 0 radical (unpaired) electrons. The maximum absolute atomic E-state index is 6.04. The molecule has 0 aromatic carbocycles. The van der Waals surface area contributed by atoms with Gasteiger partial charge in [0, 0.05) is 18.8 Å². The fourth-order valence-corrected chi connectivity index (χ4v) is 3.22. The minimum Gasteiger partial charge on any atom is -0.474 e. The Hall–Kier alpha value is -2.70. The van der Waals surface area contributed by atoms with Crippen molar-refractivity contribution in [2.75, 3.05) is 5.32 Å². The average Bonchev–Trinajstić information content (AvgIpc) is 3.03. The number of hydrogen-bond acceptors (Lipinski definition) is 7. The third-order valence-corrected chi connectivity index (χ3v) is 4.54. The fraction of sp³-hybridized carbons (Fsp3) is 0.444. The van der Waals surface area contributed by atoms with E-state index in [2.05, 4.69) is 25.4 Å². The molecule has 3 aromatic heterocycles. The average molecular weight is 339 g/mol. The van der Waals surface area contributed by atoms with Gasteiger partial charge < -0.3 is 14.6 Å². The quantitative estimate of drug-likeness (QED) is 0.759. The highest BCUT2D eigenvalue weighted by atomic mass is 16.5. The zero-order valence-electron chi connectivity index (χ0n) is 14.2. The second kappa shape index (κ2) is 7.04. The highest BCUT2D eigenvalue weighted by Crippen LogP contribution is 2.24. The molecule has 1 aliphatic rings. The molecule has 0 saturated heterocycles. The minimum absolute atomic E-state index is 0.297. The van der Waals surface area contributed by atoms with Gasteiger partial charge in [-0.05, 0) is 44.2 Å². The van der Waals surface area contributed by atoms with E-state index in [1.54, 1.807) is 6.20 Å². The van der Waals surface area contributed by atoms with E-state index in [-0.39, 0.29) is 0 Å². The standard InChI is InChI=1S/C18H21N5O2/c1-12-16-17(21-11-22-18(16)25-23-12)20-10-13-7-8-19-15(9-13)24-14-5-3-2-4-6-14/h7-9,11,14H,2-6,10H2,1H3,(H,20,21,22). The van der Waals surface area contributed by atoms with Gasteiger partial charge in [-0.1, -0.05) is 11.6 Å². The largest absolute Gasteiger partial charge is 0.474 e. The van der Waals surface area contributed by atoms with E-state index in [1.807, 2.05) is 19.1 Å². The maximum atomic E-state index is 6.04. The van der Waals surface area contributed by atoms with Gasteiger partial charge in [0.15, 0.2) is 0 Å². The molecule has 0 amide bonds. The van der Waals surface area contributed by atoms with Gasteiger partial charge in [-0.3, -0.25) is 0 Å². The minimum atomic E-state index is 0.297. The molecule has 1 fully saturated rings. The van der Waals surface area contributed by atoms with E-state index in [9.17, 15) is 0 Å². The molecule has 3 aromatic rings. The molecule has 0 spiro atoms. The van der Waals surface area contributed by atoms with Gasteiger partial charge in [0.2, 0.25) is 5.88 Å². The van der Waals surface area contributed by atoms with Crippen molar-refractivity contribution in [3.8, 4) is 5.88 Å². The molecule has 3 heterocycles. The predicted molar refractivity (Wildman–Crippen MR) is 93.4 cm³/mol. The van der Waals surface area contributed by atoms with Crippen molar-refractivity contribution in [2.24, 2.45) is 0 Å². The summed E-state index contributed by atoms with van der Waals surface area (Å²) < 4.78 is 11.2. The van der Waals surface area contributed by atoms with Crippen LogP contribution in [0.2, 0.25) is 0 Å². The number of rotatable bonds is 5. The van der Waals surface area contributed by atoms with Gasteiger partial charge in [0.1, 0.15) is 23.6 Å². The zero-order valence-corrected chi connectivity index (χ0v) is 14.2. The van der Waals surface area contributed by atoms with E-state index in [1.165, 1.54) is 25.6 Å². The highest BCUT2D eigenvalue weighted by Gasteiger charge is 2.16. The Bertz CT molecular complexity index is 858. The topological polar surface area (TPSA) is 86.0 Å². The number of pyridine rings is 1. The van der Waals surface area contributed by atoms with Crippen molar-refractivity contribution < 1.29 is 9.26 Å². The van der Waals surface area contributed by atoms with Crippen molar-refractivity contribution >= 4 is 16.9 Å². The van der Waals surface area contributed by atoms with Crippen molar-refractivity contribution in [1.82, 2.24) is 20.1 Å². The van der Waals surface area contributed by atoms with Gasteiger partial charge in [0.25, 0.3) is 5.71 Å². The van der Waals surface area contributed by atoms with Crippen molar-refractivity contribution in [2.45, 2.75) is 51.7 Å². The van der Waals surface area contributed by atoms with Gasteiger partial charge in [0.05, 0.1) is 5.69 Å². The Balaban J connectivity index is 1.45. The lowest BCUT2D eigenvalue weighted by atomic mass is 9.98. The third kappa shape index (κ3) is 3.55. The van der Waals surface area contributed by atoms with Crippen LogP contribution in [-0.2, 0) is 6.54 Å². The molecule has 25 heavy (non-hydrogen) atoms. The third-order valence-electron chi connectivity index (χ3n) is 4.54. The zero-order chi connectivity index (χ0) is 17.1. The van der Waals surface area contributed by atoms with E-state index in [0.29, 0.717) is 24.2 Å². The number of hydrogen-bond donors (Lipinski definition) is 1. The lowest BCUT2D eigenvalue weighted by Crippen LogP contribution is -2.20. The lowest BCUT2D eigenvalue weighted by molar-refractivity contribution is 0.148. The van der Waals surface area contributed by atoms with Crippen LogP contribution in [0.5, 0.6) is 5.88 Å². The first kappa shape index (κ1) is 15.8. The van der Waals surface area contributed by atoms with Crippen LogP contribution in [0.15, 0.2) is 29.2 Å². The Morgan fingerprint density at radius 3 is 2.96 bits per heavy atom. The Kier molecular flexibility index (Phi) is 4.45. The molecular formula is C18H21N5O2. The summed E-state index contributed by atoms with van der Waals surface area (Å²) in [5, 5.41) is 8.09. The number of anilines is 1. The van der Waals surface area contributed by atoms with Crippen molar-refractivity contribution in [3.63, 3.8) is 0 Å². The van der Waals surface area contributed by atoms with Crippen LogP contribution in [-0.4, -0.2) is 26.2 Å². The van der Waals surface area contributed by atoms with Crippen LogP contribution in [0.3, 0.4) is 0 Å². The van der Waals surface area contributed by atoms with E-state index < -0.39 is 0 Å². The number of ether oxygens (including phenoxy) is 1. The number of nitrogens with zero attached hydrogens (tertiary/aromatic N) is 4. The van der Waals surface area contributed by atoms with E-state index in [0.717, 1.165) is 35.3 Å². The van der Waals surface area contributed by atoms with Crippen LogP contribution >= 0.6 is 0 Å². The van der Waals surface area contributed by atoms with Crippen LogP contribution in [0.4, 0.5) is 5.82 Å². The summed E-state index contributed by atoms with van der Waals surface area (Å²) in [6.07, 6.45) is 9.60. The number of nitrogens with one attached hydrogen (secondary N) is 1. The second-order valence-electron chi connectivity index (χ2n) is 6.40. The number of fused-ring (bicyclic) bond motifs is 1. The van der Waals surface area contributed by atoms with Gasteiger partial charge in [-0.25, -0.2) is 9.97 Å². The first-order chi connectivity index (χ1) is 12.3.